The summed E-state index contributed by atoms with van der Waals surface area (Å²) >= 11 is 0. The Kier molecular flexibility index (Phi) is 5.11. The molecule has 4 heteroatoms. The maximum atomic E-state index is 6.35. The van der Waals surface area contributed by atoms with Crippen molar-refractivity contribution in [2.75, 3.05) is 13.2 Å². The Morgan fingerprint density at radius 3 is 2.84 bits per heavy atom. The number of benzene rings is 1. The van der Waals surface area contributed by atoms with Crippen LogP contribution in [0.4, 0.5) is 0 Å². The number of hydrogen-bond acceptors (Lipinski definition) is 4. The second kappa shape index (κ2) is 7.48. The third-order valence-corrected chi connectivity index (χ3v) is 5.57. The lowest BCUT2D eigenvalue weighted by Crippen LogP contribution is -2.51. The van der Waals surface area contributed by atoms with Crippen LogP contribution in [-0.4, -0.2) is 37.1 Å². The van der Waals surface area contributed by atoms with Crippen molar-refractivity contribution in [3.63, 3.8) is 0 Å². The molecule has 0 spiro atoms. The summed E-state index contributed by atoms with van der Waals surface area (Å²) in [7, 11) is 0. The first kappa shape index (κ1) is 17.1. The van der Waals surface area contributed by atoms with Gasteiger partial charge in [0.05, 0.1) is 12.7 Å². The van der Waals surface area contributed by atoms with Crippen LogP contribution >= 0.6 is 0 Å². The number of ether oxygens (including phenoxy) is 4. The van der Waals surface area contributed by atoms with Gasteiger partial charge in [-0.25, -0.2) is 0 Å². The van der Waals surface area contributed by atoms with E-state index in [4.69, 9.17) is 18.9 Å². The third-order valence-electron chi connectivity index (χ3n) is 5.57. The molecule has 0 aliphatic carbocycles. The van der Waals surface area contributed by atoms with Crippen molar-refractivity contribution in [1.82, 2.24) is 0 Å². The topological polar surface area (TPSA) is 36.9 Å². The number of hydrogen-bond donors (Lipinski definition) is 0. The SMILES string of the molecule is C[C@@]12CC=C([C@H]3OCCC[C@@H]3OCc3ccccc3)O[C@H]1CCCO2. The standard InChI is InChI=1S/C21H28O4/c1-21-12-11-18(25-19(21)10-6-14-24-21)20-17(9-5-13-22-20)23-15-16-7-3-2-4-8-16/h2-4,7-8,11,17,19-20H,5-6,9-10,12-15H2,1H3/t17-,19-,20-,21+/m0/s1. The summed E-state index contributed by atoms with van der Waals surface area (Å²) in [5.41, 5.74) is 1.01. The van der Waals surface area contributed by atoms with E-state index in [-0.39, 0.29) is 23.9 Å². The van der Waals surface area contributed by atoms with Crippen molar-refractivity contribution < 1.29 is 18.9 Å². The average Bonchev–Trinajstić information content (AvgIpc) is 2.67. The van der Waals surface area contributed by atoms with Crippen molar-refractivity contribution in [1.29, 1.82) is 0 Å². The normalized spacial score (nSPS) is 35.4. The van der Waals surface area contributed by atoms with Crippen molar-refractivity contribution >= 4 is 0 Å². The monoisotopic (exact) mass is 344 g/mol. The minimum Gasteiger partial charge on any atom is -0.489 e. The molecule has 4 atom stereocenters. The van der Waals surface area contributed by atoms with Crippen LogP contribution in [0.3, 0.4) is 0 Å². The van der Waals surface area contributed by atoms with Gasteiger partial charge in [-0.1, -0.05) is 30.3 Å². The smallest absolute Gasteiger partial charge is 0.140 e. The van der Waals surface area contributed by atoms with Crippen LogP contribution in [0.5, 0.6) is 0 Å². The summed E-state index contributed by atoms with van der Waals surface area (Å²) in [5, 5.41) is 0. The predicted octanol–water partition coefficient (Wildman–Crippen LogP) is 3.99. The molecule has 2 saturated heterocycles. The fourth-order valence-corrected chi connectivity index (χ4v) is 4.01. The minimum absolute atomic E-state index is 0.0501. The molecule has 3 heterocycles. The second-order valence-corrected chi connectivity index (χ2v) is 7.49. The highest BCUT2D eigenvalue weighted by molar-refractivity contribution is 5.15. The van der Waals surface area contributed by atoms with Gasteiger partial charge in [0.2, 0.25) is 0 Å². The van der Waals surface area contributed by atoms with Crippen LogP contribution in [0.25, 0.3) is 0 Å². The van der Waals surface area contributed by atoms with Gasteiger partial charge in [0.1, 0.15) is 23.6 Å². The van der Waals surface area contributed by atoms with Crippen LogP contribution in [0.2, 0.25) is 0 Å². The molecule has 0 bridgehead atoms. The molecular formula is C21H28O4. The highest BCUT2D eigenvalue weighted by Crippen LogP contribution is 2.39. The number of rotatable bonds is 4. The van der Waals surface area contributed by atoms with Crippen LogP contribution in [0.1, 0.15) is 44.6 Å². The largest absolute Gasteiger partial charge is 0.489 e. The van der Waals surface area contributed by atoms with E-state index in [1.54, 1.807) is 0 Å². The molecule has 1 aromatic carbocycles. The lowest BCUT2D eigenvalue weighted by molar-refractivity contribution is -0.180. The van der Waals surface area contributed by atoms with E-state index in [2.05, 4.69) is 25.1 Å². The molecule has 0 unspecified atom stereocenters. The quantitative estimate of drug-likeness (QED) is 0.827. The van der Waals surface area contributed by atoms with E-state index in [1.807, 2.05) is 18.2 Å². The molecule has 1 aromatic rings. The fraction of sp³-hybridized carbons (Fsp3) is 0.619. The lowest BCUT2D eigenvalue weighted by atomic mass is 9.86. The van der Waals surface area contributed by atoms with Gasteiger partial charge < -0.3 is 18.9 Å². The Morgan fingerprint density at radius 1 is 1.12 bits per heavy atom. The second-order valence-electron chi connectivity index (χ2n) is 7.49. The first-order valence-corrected chi connectivity index (χ1v) is 9.52. The Labute approximate surface area is 150 Å². The van der Waals surface area contributed by atoms with Gasteiger partial charge in [-0.2, -0.15) is 0 Å². The zero-order chi connectivity index (χ0) is 17.1. The van der Waals surface area contributed by atoms with Gasteiger partial charge in [-0.05, 0) is 44.2 Å². The summed E-state index contributed by atoms with van der Waals surface area (Å²) in [6.07, 6.45) is 7.29. The van der Waals surface area contributed by atoms with E-state index in [9.17, 15) is 0 Å². The molecule has 0 radical (unpaired) electrons. The molecule has 0 N–H and O–H groups in total. The minimum atomic E-state index is -0.184. The molecule has 2 fully saturated rings. The number of fused-ring (bicyclic) bond motifs is 1. The lowest BCUT2D eigenvalue weighted by Gasteiger charge is -2.45. The molecule has 3 aliphatic heterocycles. The van der Waals surface area contributed by atoms with Crippen molar-refractivity contribution in [3.8, 4) is 0 Å². The zero-order valence-corrected chi connectivity index (χ0v) is 15.0. The van der Waals surface area contributed by atoms with E-state index in [1.165, 1.54) is 5.56 Å². The fourth-order valence-electron chi connectivity index (χ4n) is 4.01. The van der Waals surface area contributed by atoms with Crippen LogP contribution in [0.15, 0.2) is 42.2 Å². The van der Waals surface area contributed by atoms with E-state index >= 15 is 0 Å². The molecular weight excluding hydrogens is 316 g/mol. The zero-order valence-electron chi connectivity index (χ0n) is 15.0. The Morgan fingerprint density at radius 2 is 1.96 bits per heavy atom. The van der Waals surface area contributed by atoms with Gasteiger partial charge >= 0.3 is 0 Å². The summed E-state index contributed by atoms with van der Waals surface area (Å²) in [6, 6.07) is 10.3. The molecule has 0 amide bonds. The van der Waals surface area contributed by atoms with Crippen molar-refractivity contribution in [2.45, 2.75) is 69.5 Å². The first-order chi connectivity index (χ1) is 12.2. The highest BCUT2D eigenvalue weighted by Gasteiger charge is 2.44. The molecule has 3 aliphatic rings. The van der Waals surface area contributed by atoms with Gasteiger partial charge in [0.25, 0.3) is 0 Å². The predicted molar refractivity (Wildman–Crippen MR) is 95.2 cm³/mol. The summed E-state index contributed by atoms with van der Waals surface area (Å²) in [6.45, 7) is 4.38. The van der Waals surface area contributed by atoms with Crippen LogP contribution in [-0.2, 0) is 25.6 Å². The summed E-state index contributed by atoms with van der Waals surface area (Å²) in [4.78, 5) is 0. The van der Waals surface area contributed by atoms with Crippen molar-refractivity contribution in [2.24, 2.45) is 0 Å². The van der Waals surface area contributed by atoms with Crippen molar-refractivity contribution in [3.05, 3.63) is 47.7 Å². The summed E-state index contributed by atoms with van der Waals surface area (Å²) < 4.78 is 24.6. The molecule has 25 heavy (non-hydrogen) atoms. The average molecular weight is 344 g/mol. The Balaban J connectivity index is 1.44. The molecule has 0 aromatic heterocycles. The van der Waals surface area contributed by atoms with Gasteiger partial charge in [0.15, 0.2) is 0 Å². The van der Waals surface area contributed by atoms with E-state index in [0.717, 1.165) is 51.1 Å². The van der Waals surface area contributed by atoms with Gasteiger partial charge in [-0.15, -0.1) is 0 Å². The Bertz CT molecular complexity index is 599. The van der Waals surface area contributed by atoms with Gasteiger partial charge in [-0.3, -0.25) is 0 Å². The van der Waals surface area contributed by atoms with Crippen LogP contribution in [0, 0.1) is 0 Å². The highest BCUT2D eigenvalue weighted by atomic mass is 16.6. The maximum absolute atomic E-state index is 6.35. The van der Waals surface area contributed by atoms with Crippen LogP contribution < -0.4 is 0 Å². The molecule has 4 nitrogen and oxygen atoms in total. The molecule has 136 valence electrons. The Hall–Kier alpha value is -1.36. The first-order valence-electron chi connectivity index (χ1n) is 9.52. The maximum Gasteiger partial charge on any atom is 0.140 e. The van der Waals surface area contributed by atoms with E-state index < -0.39 is 0 Å². The third kappa shape index (κ3) is 3.76. The summed E-state index contributed by atoms with van der Waals surface area (Å²) in [5.74, 6) is 0.950. The molecule has 4 rings (SSSR count). The molecule has 0 saturated carbocycles. The van der Waals surface area contributed by atoms with Gasteiger partial charge in [0, 0.05) is 19.6 Å². The van der Waals surface area contributed by atoms with E-state index in [0.29, 0.717) is 6.61 Å².